The van der Waals surface area contributed by atoms with Crippen molar-refractivity contribution in [3.63, 3.8) is 0 Å². The zero-order chi connectivity index (χ0) is 12.7. The first-order valence-electron chi connectivity index (χ1n) is 5.74. The summed E-state index contributed by atoms with van der Waals surface area (Å²) < 4.78 is 3.43. The summed E-state index contributed by atoms with van der Waals surface area (Å²) in [6.07, 6.45) is 3.76. The molecule has 1 fully saturated rings. The average Bonchev–Trinajstić information content (AvgIpc) is 2.97. The van der Waals surface area contributed by atoms with E-state index >= 15 is 0 Å². The number of aryl methyl sites for hydroxylation is 2. The van der Waals surface area contributed by atoms with Gasteiger partial charge in [-0.2, -0.15) is 0 Å². The Morgan fingerprint density at radius 1 is 1.39 bits per heavy atom. The number of hydrogen-bond acceptors (Lipinski definition) is 5. The molecule has 0 aromatic carbocycles. The van der Waals surface area contributed by atoms with Gasteiger partial charge in [0.15, 0.2) is 5.69 Å². The quantitative estimate of drug-likeness (QED) is 0.842. The Balaban J connectivity index is 1.82. The van der Waals surface area contributed by atoms with E-state index in [-0.39, 0.29) is 11.6 Å². The van der Waals surface area contributed by atoms with Crippen LogP contribution in [0.15, 0.2) is 6.20 Å². The number of carbonyl (C=O) groups excluding carboxylic acids is 1. The highest BCUT2D eigenvalue weighted by atomic mass is 16.2. The molecule has 0 unspecified atom stereocenters. The lowest BCUT2D eigenvalue weighted by Gasteiger charge is -2.06. The first-order chi connectivity index (χ1) is 8.65. The maximum atomic E-state index is 11.9. The van der Waals surface area contributed by atoms with Crippen molar-refractivity contribution in [1.29, 1.82) is 0 Å². The Hall–Kier alpha value is -2.25. The third-order valence-corrected chi connectivity index (χ3v) is 2.84. The lowest BCUT2D eigenvalue weighted by atomic mass is 10.4. The largest absolute Gasteiger partial charge is 0.294 e. The van der Waals surface area contributed by atoms with Crippen LogP contribution in [0.2, 0.25) is 0 Å². The van der Waals surface area contributed by atoms with E-state index in [0.717, 1.165) is 18.7 Å². The molecule has 2 aromatic rings. The van der Waals surface area contributed by atoms with E-state index in [1.54, 1.807) is 13.2 Å². The molecule has 1 aliphatic carbocycles. The maximum absolute atomic E-state index is 11.9. The number of carbonyl (C=O) groups is 1. The maximum Gasteiger partial charge on any atom is 0.280 e. The molecule has 1 saturated carbocycles. The minimum atomic E-state index is -0.322. The fourth-order valence-electron chi connectivity index (χ4n) is 1.84. The highest BCUT2D eigenvalue weighted by Gasteiger charge is 2.29. The number of hydrogen-bond donors (Lipinski definition) is 1. The van der Waals surface area contributed by atoms with Crippen LogP contribution >= 0.6 is 0 Å². The molecule has 18 heavy (non-hydrogen) atoms. The molecule has 0 atom stereocenters. The Kier molecular flexibility index (Phi) is 2.35. The van der Waals surface area contributed by atoms with Crippen molar-refractivity contribution in [3.05, 3.63) is 17.7 Å². The molecule has 2 heterocycles. The van der Waals surface area contributed by atoms with Gasteiger partial charge in [0.25, 0.3) is 5.91 Å². The van der Waals surface area contributed by atoms with Gasteiger partial charge < -0.3 is 0 Å². The number of nitrogens with zero attached hydrogens (tertiary/aromatic N) is 6. The fraction of sp³-hybridized carbons (Fsp3) is 0.500. The van der Waals surface area contributed by atoms with E-state index in [2.05, 4.69) is 25.8 Å². The molecule has 3 rings (SSSR count). The van der Waals surface area contributed by atoms with Gasteiger partial charge in [-0.05, 0) is 19.8 Å². The van der Waals surface area contributed by atoms with E-state index in [4.69, 9.17) is 0 Å². The molecule has 8 heteroatoms. The summed E-state index contributed by atoms with van der Waals surface area (Å²) in [6, 6.07) is 0.414. The minimum Gasteiger partial charge on any atom is -0.294 e. The average molecular weight is 247 g/mol. The van der Waals surface area contributed by atoms with Crippen molar-refractivity contribution in [3.8, 4) is 0 Å². The van der Waals surface area contributed by atoms with Gasteiger partial charge >= 0.3 is 0 Å². The number of anilines is 1. The molecule has 0 radical (unpaired) electrons. The molecule has 2 aromatic heterocycles. The predicted octanol–water partition coefficient (Wildman–Crippen LogP) is 0.302. The van der Waals surface area contributed by atoms with Crippen molar-refractivity contribution < 1.29 is 4.79 Å². The second-order valence-corrected chi connectivity index (χ2v) is 4.40. The van der Waals surface area contributed by atoms with Crippen LogP contribution in [0, 0.1) is 6.92 Å². The zero-order valence-corrected chi connectivity index (χ0v) is 10.2. The Morgan fingerprint density at radius 2 is 2.17 bits per heavy atom. The van der Waals surface area contributed by atoms with Gasteiger partial charge in [-0.1, -0.05) is 5.21 Å². The molecule has 0 spiro atoms. The minimum absolute atomic E-state index is 0.264. The van der Waals surface area contributed by atoms with Crippen molar-refractivity contribution in [2.75, 3.05) is 5.32 Å². The van der Waals surface area contributed by atoms with E-state index in [1.165, 1.54) is 4.68 Å². The molecule has 0 saturated heterocycles. The van der Waals surface area contributed by atoms with Gasteiger partial charge in [0.1, 0.15) is 5.82 Å². The predicted molar refractivity (Wildman–Crippen MR) is 62.0 cm³/mol. The normalized spacial score (nSPS) is 14.8. The third-order valence-electron chi connectivity index (χ3n) is 2.84. The van der Waals surface area contributed by atoms with Crippen LogP contribution in [0.3, 0.4) is 0 Å². The number of nitrogens with one attached hydrogen (secondary N) is 1. The summed E-state index contributed by atoms with van der Waals surface area (Å²) in [7, 11) is 1.71. The second-order valence-electron chi connectivity index (χ2n) is 4.40. The molecule has 8 nitrogen and oxygen atoms in total. The molecule has 1 amide bonds. The summed E-state index contributed by atoms with van der Waals surface area (Å²) in [4.78, 5) is 11.9. The monoisotopic (exact) mass is 247 g/mol. The Bertz CT molecular complexity index is 595. The summed E-state index contributed by atoms with van der Waals surface area (Å²) in [5, 5.41) is 18.1. The van der Waals surface area contributed by atoms with Crippen LogP contribution in [0.4, 0.5) is 5.95 Å². The smallest absolute Gasteiger partial charge is 0.280 e. The lowest BCUT2D eigenvalue weighted by Crippen LogP contribution is -2.16. The molecule has 1 N–H and O–H groups in total. The molecular formula is C10H13N7O. The summed E-state index contributed by atoms with van der Waals surface area (Å²) in [5.41, 5.74) is 0.264. The van der Waals surface area contributed by atoms with Crippen LogP contribution in [-0.2, 0) is 7.05 Å². The number of rotatable bonds is 3. The van der Waals surface area contributed by atoms with Gasteiger partial charge in [0.05, 0.1) is 6.20 Å². The Labute approximate surface area is 103 Å². The van der Waals surface area contributed by atoms with Crippen LogP contribution in [0.25, 0.3) is 0 Å². The van der Waals surface area contributed by atoms with E-state index in [9.17, 15) is 4.79 Å². The Morgan fingerprint density at radius 3 is 2.78 bits per heavy atom. The molecule has 0 aliphatic heterocycles. The van der Waals surface area contributed by atoms with Crippen molar-refractivity contribution in [2.45, 2.75) is 25.8 Å². The molecule has 0 bridgehead atoms. The summed E-state index contributed by atoms with van der Waals surface area (Å²) in [5.74, 6) is 0.968. The van der Waals surface area contributed by atoms with Gasteiger partial charge in [-0.3, -0.25) is 19.4 Å². The van der Waals surface area contributed by atoms with Gasteiger partial charge in [-0.15, -0.1) is 15.3 Å². The number of amides is 1. The SMILES string of the molecule is Cc1nnc(NC(=O)c2cn(C)nn2)n1C1CC1. The van der Waals surface area contributed by atoms with Gasteiger partial charge in [0.2, 0.25) is 5.95 Å². The van der Waals surface area contributed by atoms with Crippen LogP contribution in [0.1, 0.15) is 35.2 Å². The standard InChI is InChI=1S/C10H13N7O/c1-6-12-14-10(17(6)7-3-4-7)11-9(18)8-5-16(2)15-13-8/h5,7H,3-4H2,1-2H3,(H,11,14,18). The van der Waals surface area contributed by atoms with Crippen molar-refractivity contribution in [1.82, 2.24) is 29.8 Å². The van der Waals surface area contributed by atoms with E-state index in [1.807, 2.05) is 11.5 Å². The van der Waals surface area contributed by atoms with Crippen molar-refractivity contribution >= 4 is 11.9 Å². The summed E-state index contributed by atoms with van der Waals surface area (Å²) >= 11 is 0. The molecular weight excluding hydrogens is 234 g/mol. The fourth-order valence-corrected chi connectivity index (χ4v) is 1.84. The first-order valence-corrected chi connectivity index (χ1v) is 5.74. The van der Waals surface area contributed by atoms with Gasteiger partial charge in [0, 0.05) is 13.1 Å². The third kappa shape index (κ3) is 1.85. The molecule has 94 valence electrons. The van der Waals surface area contributed by atoms with Gasteiger partial charge in [-0.25, -0.2) is 0 Å². The van der Waals surface area contributed by atoms with Crippen molar-refractivity contribution in [2.24, 2.45) is 7.05 Å². The van der Waals surface area contributed by atoms with E-state index in [0.29, 0.717) is 12.0 Å². The lowest BCUT2D eigenvalue weighted by molar-refractivity contribution is 0.102. The summed E-state index contributed by atoms with van der Waals surface area (Å²) in [6.45, 7) is 1.88. The number of aromatic nitrogens is 6. The van der Waals surface area contributed by atoms with Crippen LogP contribution < -0.4 is 5.32 Å². The molecule has 1 aliphatic rings. The van der Waals surface area contributed by atoms with Crippen LogP contribution in [0.5, 0.6) is 0 Å². The highest BCUT2D eigenvalue weighted by molar-refractivity contribution is 6.01. The second kappa shape index (κ2) is 3.90. The van der Waals surface area contributed by atoms with Crippen LogP contribution in [-0.4, -0.2) is 35.7 Å². The first kappa shape index (κ1) is 10.9. The topological polar surface area (TPSA) is 90.5 Å². The zero-order valence-electron chi connectivity index (χ0n) is 10.2. The highest BCUT2D eigenvalue weighted by Crippen LogP contribution is 2.37. The van der Waals surface area contributed by atoms with E-state index < -0.39 is 0 Å².